The standard InChI is InChI=1S/C23H16N2O4/c24-13-15-9-11-16(12-10-15)25-21(26)14-28-23(27)22-17-5-1-3-7-19(17)29-20-8-4-2-6-18(20)22/h1-12,22H,14H2,(H,25,26). The maximum Gasteiger partial charge on any atom is 0.318 e. The second-order valence-corrected chi connectivity index (χ2v) is 6.46. The van der Waals surface area contributed by atoms with Gasteiger partial charge in [0, 0.05) is 16.8 Å². The van der Waals surface area contributed by atoms with Gasteiger partial charge in [0.05, 0.1) is 11.6 Å². The van der Waals surface area contributed by atoms with Crippen LogP contribution in [-0.4, -0.2) is 18.5 Å². The summed E-state index contributed by atoms with van der Waals surface area (Å²) in [5.74, 6) is -0.468. The zero-order valence-electron chi connectivity index (χ0n) is 15.3. The summed E-state index contributed by atoms with van der Waals surface area (Å²) in [5, 5.41) is 11.5. The van der Waals surface area contributed by atoms with Crippen molar-refractivity contribution in [2.45, 2.75) is 5.92 Å². The highest BCUT2D eigenvalue weighted by molar-refractivity contribution is 5.94. The Morgan fingerprint density at radius 2 is 1.52 bits per heavy atom. The molecule has 3 aromatic rings. The van der Waals surface area contributed by atoms with Crippen LogP contribution in [0.25, 0.3) is 0 Å². The predicted octanol–water partition coefficient (Wildman–Crippen LogP) is 3.98. The van der Waals surface area contributed by atoms with E-state index >= 15 is 0 Å². The Morgan fingerprint density at radius 1 is 0.931 bits per heavy atom. The fourth-order valence-electron chi connectivity index (χ4n) is 3.21. The van der Waals surface area contributed by atoms with Crippen LogP contribution in [0.3, 0.4) is 0 Å². The van der Waals surface area contributed by atoms with Crippen LogP contribution in [0.4, 0.5) is 5.69 Å². The molecule has 0 radical (unpaired) electrons. The number of nitrogens with zero attached hydrogens (tertiary/aromatic N) is 1. The van der Waals surface area contributed by atoms with Gasteiger partial charge in [0.2, 0.25) is 0 Å². The van der Waals surface area contributed by atoms with E-state index in [-0.39, 0.29) is 0 Å². The lowest BCUT2D eigenvalue weighted by Crippen LogP contribution is -2.26. The number of hydrogen-bond acceptors (Lipinski definition) is 5. The van der Waals surface area contributed by atoms with Gasteiger partial charge in [-0.05, 0) is 36.4 Å². The minimum atomic E-state index is -0.668. The third-order valence-electron chi connectivity index (χ3n) is 4.56. The molecule has 0 atom stereocenters. The summed E-state index contributed by atoms with van der Waals surface area (Å²) in [6.07, 6.45) is 0. The van der Waals surface area contributed by atoms with Crippen LogP contribution < -0.4 is 10.1 Å². The minimum absolute atomic E-state index is 0.416. The van der Waals surface area contributed by atoms with E-state index in [0.717, 1.165) is 0 Å². The fourth-order valence-corrected chi connectivity index (χ4v) is 3.21. The van der Waals surface area contributed by atoms with Crippen molar-refractivity contribution in [3.8, 4) is 17.6 Å². The molecule has 6 nitrogen and oxygen atoms in total. The SMILES string of the molecule is N#Cc1ccc(NC(=O)COC(=O)C2c3ccccc3Oc3ccccc32)cc1. The Kier molecular flexibility index (Phi) is 4.95. The summed E-state index contributed by atoms with van der Waals surface area (Å²) in [6, 6.07) is 23.0. The van der Waals surface area contributed by atoms with Crippen LogP contribution in [-0.2, 0) is 14.3 Å². The molecule has 1 aliphatic rings. The topological polar surface area (TPSA) is 88.4 Å². The summed E-state index contributed by atoms with van der Waals surface area (Å²) < 4.78 is 11.2. The number of para-hydroxylation sites is 2. The van der Waals surface area contributed by atoms with Gasteiger partial charge >= 0.3 is 5.97 Å². The number of hydrogen-bond donors (Lipinski definition) is 1. The van der Waals surface area contributed by atoms with E-state index in [4.69, 9.17) is 14.7 Å². The molecule has 142 valence electrons. The molecule has 0 aliphatic carbocycles. The van der Waals surface area contributed by atoms with E-state index in [9.17, 15) is 9.59 Å². The van der Waals surface area contributed by atoms with Crippen LogP contribution in [0.15, 0.2) is 72.8 Å². The number of anilines is 1. The van der Waals surface area contributed by atoms with Crippen LogP contribution in [0.2, 0.25) is 0 Å². The Bertz CT molecular complexity index is 1070. The van der Waals surface area contributed by atoms with Crippen molar-refractivity contribution < 1.29 is 19.1 Å². The molecule has 0 unspecified atom stereocenters. The van der Waals surface area contributed by atoms with Gasteiger partial charge in [-0.3, -0.25) is 9.59 Å². The number of rotatable bonds is 4. The first-order chi connectivity index (χ1) is 14.2. The van der Waals surface area contributed by atoms with E-state index in [2.05, 4.69) is 5.32 Å². The van der Waals surface area contributed by atoms with Gasteiger partial charge in [-0.2, -0.15) is 5.26 Å². The van der Waals surface area contributed by atoms with E-state index in [1.807, 2.05) is 42.5 Å². The monoisotopic (exact) mass is 384 g/mol. The third kappa shape index (κ3) is 3.80. The Hall–Kier alpha value is -4.11. The fraction of sp³-hybridized carbons (Fsp3) is 0.0870. The first-order valence-corrected chi connectivity index (χ1v) is 8.98. The number of ether oxygens (including phenoxy) is 2. The van der Waals surface area contributed by atoms with E-state index in [1.54, 1.807) is 36.4 Å². The average Bonchev–Trinajstić information content (AvgIpc) is 2.76. The smallest absolute Gasteiger partial charge is 0.318 e. The first-order valence-electron chi connectivity index (χ1n) is 8.98. The Balaban J connectivity index is 1.47. The van der Waals surface area contributed by atoms with Crippen molar-refractivity contribution in [2.75, 3.05) is 11.9 Å². The van der Waals surface area contributed by atoms with Gasteiger partial charge in [-0.15, -0.1) is 0 Å². The lowest BCUT2D eigenvalue weighted by Gasteiger charge is -2.26. The summed E-state index contributed by atoms with van der Waals surface area (Å²) in [7, 11) is 0. The molecule has 1 N–H and O–H groups in total. The lowest BCUT2D eigenvalue weighted by molar-refractivity contribution is -0.148. The number of nitrogens with one attached hydrogen (secondary N) is 1. The predicted molar refractivity (Wildman–Crippen MR) is 106 cm³/mol. The van der Waals surface area contributed by atoms with Gasteiger partial charge in [0.15, 0.2) is 6.61 Å². The molecule has 6 heteroatoms. The molecule has 0 aromatic heterocycles. The molecule has 4 rings (SSSR count). The molecular weight excluding hydrogens is 368 g/mol. The molecule has 29 heavy (non-hydrogen) atoms. The van der Waals surface area contributed by atoms with Gasteiger partial charge in [-0.1, -0.05) is 36.4 Å². The molecule has 0 saturated carbocycles. The molecule has 0 saturated heterocycles. The van der Waals surface area contributed by atoms with Crippen LogP contribution in [0.1, 0.15) is 22.6 Å². The van der Waals surface area contributed by atoms with Gasteiger partial charge < -0.3 is 14.8 Å². The molecule has 0 fully saturated rings. The summed E-state index contributed by atoms with van der Waals surface area (Å²) in [5.41, 5.74) is 2.41. The molecular formula is C23H16N2O4. The normalized spacial score (nSPS) is 12.0. The molecule has 0 bridgehead atoms. The summed E-state index contributed by atoms with van der Waals surface area (Å²) >= 11 is 0. The largest absolute Gasteiger partial charge is 0.457 e. The zero-order valence-corrected chi connectivity index (χ0v) is 15.3. The van der Waals surface area contributed by atoms with Gasteiger partial charge in [-0.25, -0.2) is 0 Å². The van der Waals surface area contributed by atoms with Crippen molar-refractivity contribution >= 4 is 17.6 Å². The van der Waals surface area contributed by atoms with E-state index in [1.165, 1.54) is 0 Å². The first kappa shape index (κ1) is 18.3. The third-order valence-corrected chi connectivity index (χ3v) is 4.56. The number of nitriles is 1. The minimum Gasteiger partial charge on any atom is -0.457 e. The number of benzene rings is 3. The number of amides is 1. The second-order valence-electron chi connectivity index (χ2n) is 6.46. The maximum atomic E-state index is 12.9. The second kappa shape index (κ2) is 7.87. The maximum absolute atomic E-state index is 12.9. The molecule has 1 amide bonds. The van der Waals surface area contributed by atoms with E-state index in [0.29, 0.717) is 33.9 Å². The number of carbonyl (C=O) groups excluding carboxylic acids is 2. The molecule has 1 aliphatic heterocycles. The average molecular weight is 384 g/mol. The van der Waals surface area contributed by atoms with Crippen molar-refractivity contribution in [1.29, 1.82) is 5.26 Å². The van der Waals surface area contributed by atoms with Crippen LogP contribution in [0, 0.1) is 11.3 Å². The Morgan fingerprint density at radius 3 is 2.10 bits per heavy atom. The Labute approximate surface area is 167 Å². The van der Waals surface area contributed by atoms with Gasteiger partial charge in [0.1, 0.15) is 17.4 Å². The zero-order chi connectivity index (χ0) is 20.2. The van der Waals surface area contributed by atoms with Crippen molar-refractivity contribution in [3.63, 3.8) is 0 Å². The lowest BCUT2D eigenvalue weighted by atomic mass is 9.88. The number of fused-ring (bicyclic) bond motifs is 2. The molecule has 3 aromatic carbocycles. The van der Waals surface area contributed by atoms with Gasteiger partial charge in [0.25, 0.3) is 5.91 Å². The highest BCUT2D eigenvalue weighted by atomic mass is 16.5. The molecule has 1 heterocycles. The number of carbonyl (C=O) groups is 2. The van der Waals surface area contributed by atoms with Crippen LogP contribution >= 0.6 is 0 Å². The summed E-state index contributed by atoms with van der Waals surface area (Å²) in [6.45, 7) is -0.416. The molecule has 0 spiro atoms. The summed E-state index contributed by atoms with van der Waals surface area (Å²) in [4.78, 5) is 25.0. The van der Waals surface area contributed by atoms with Crippen molar-refractivity contribution in [3.05, 3.63) is 89.5 Å². The number of esters is 1. The van der Waals surface area contributed by atoms with Crippen molar-refractivity contribution in [1.82, 2.24) is 0 Å². The highest BCUT2D eigenvalue weighted by Crippen LogP contribution is 2.44. The quantitative estimate of drug-likeness (QED) is 0.688. The van der Waals surface area contributed by atoms with Crippen LogP contribution in [0.5, 0.6) is 11.5 Å². The highest BCUT2D eigenvalue weighted by Gasteiger charge is 2.33. The van der Waals surface area contributed by atoms with Crippen molar-refractivity contribution in [2.24, 2.45) is 0 Å². The van der Waals surface area contributed by atoms with E-state index < -0.39 is 24.4 Å².